The fraction of sp³-hybridized carbons (Fsp3) is 1.00. The predicted octanol–water partition coefficient (Wildman–Crippen LogP) is 1.36. The van der Waals surface area contributed by atoms with Crippen molar-refractivity contribution in [2.75, 3.05) is 6.26 Å². The van der Waals surface area contributed by atoms with Crippen LogP contribution in [-0.2, 0) is 9.92 Å². The van der Waals surface area contributed by atoms with Gasteiger partial charge in [-0.25, -0.2) is 13.7 Å². The van der Waals surface area contributed by atoms with Crippen molar-refractivity contribution in [1.82, 2.24) is 4.72 Å². The molecule has 0 heterocycles. The van der Waals surface area contributed by atoms with Gasteiger partial charge in [0.15, 0.2) is 0 Å². The zero-order chi connectivity index (χ0) is 8.77. The minimum atomic E-state index is -2.48. The van der Waals surface area contributed by atoms with Gasteiger partial charge < -0.3 is 0 Å². The molecule has 0 amide bonds. The lowest BCUT2D eigenvalue weighted by Crippen LogP contribution is -2.37. The molecule has 2 saturated carbocycles. The Morgan fingerprint density at radius 1 is 1.42 bits per heavy atom. The summed E-state index contributed by atoms with van der Waals surface area (Å²) in [6, 6.07) is 0.374. The van der Waals surface area contributed by atoms with Gasteiger partial charge in [-0.05, 0) is 31.1 Å². The Morgan fingerprint density at radius 2 is 2.17 bits per heavy atom. The fourth-order valence-corrected chi connectivity index (χ4v) is 3.54. The molecule has 2 rings (SSSR count). The molecule has 0 aromatic heterocycles. The Kier molecular flexibility index (Phi) is 1.92. The Bertz CT molecular complexity index is 273. The van der Waals surface area contributed by atoms with Crippen molar-refractivity contribution in [3.63, 3.8) is 0 Å². The number of hydrogen-bond acceptors (Lipinski definition) is 2. The highest BCUT2D eigenvalue weighted by Gasteiger charge is 2.39. The van der Waals surface area contributed by atoms with Crippen LogP contribution in [0.2, 0.25) is 0 Å². The summed E-state index contributed by atoms with van der Waals surface area (Å²) >= 11 is 0. The Labute approximate surface area is 74.0 Å². The second kappa shape index (κ2) is 2.70. The van der Waals surface area contributed by atoms with E-state index in [1.807, 2.05) is 0 Å². The molecule has 0 aromatic rings. The normalized spacial score (nSPS) is 44.6. The molecule has 4 unspecified atom stereocenters. The molecule has 4 atom stereocenters. The summed E-state index contributed by atoms with van der Waals surface area (Å²) in [5.74, 6) is 1.57. The summed E-state index contributed by atoms with van der Waals surface area (Å²) in [6.07, 6.45) is 6.55. The van der Waals surface area contributed by atoms with Crippen LogP contribution in [0, 0.1) is 16.6 Å². The maximum Gasteiger partial charge on any atom is 0.102 e. The molecule has 2 bridgehead atoms. The van der Waals surface area contributed by atoms with Gasteiger partial charge in [0.05, 0.1) is 0 Å². The summed E-state index contributed by atoms with van der Waals surface area (Å²) < 4.78 is 21.4. The SMILES string of the molecule is CS(=N)(=O)NC1CC2CCC1C2. The third-order valence-corrected chi connectivity index (χ3v) is 3.87. The Morgan fingerprint density at radius 3 is 2.58 bits per heavy atom. The molecular weight excluding hydrogens is 172 g/mol. The predicted molar refractivity (Wildman–Crippen MR) is 49.2 cm³/mol. The first-order chi connectivity index (χ1) is 5.54. The summed E-state index contributed by atoms with van der Waals surface area (Å²) in [6.45, 7) is 0. The Balaban J connectivity index is 2.00. The third kappa shape index (κ3) is 1.64. The van der Waals surface area contributed by atoms with E-state index >= 15 is 0 Å². The van der Waals surface area contributed by atoms with E-state index in [4.69, 9.17) is 4.78 Å². The first kappa shape index (κ1) is 8.51. The van der Waals surface area contributed by atoms with Crippen LogP contribution < -0.4 is 4.72 Å². The highest BCUT2D eigenvalue weighted by atomic mass is 32.2. The maximum atomic E-state index is 11.2. The molecule has 70 valence electrons. The quantitative estimate of drug-likeness (QED) is 0.675. The van der Waals surface area contributed by atoms with Crippen LogP contribution in [0.25, 0.3) is 0 Å². The van der Waals surface area contributed by atoms with Crippen LogP contribution in [0.5, 0.6) is 0 Å². The highest BCUT2D eigenvalue weighted by molar-refractivity contribution is 7.89. The van der Waals surface area contributed by atoms with E-state index in [1.165, 1.54) is 25.5 Å². The third-order valence-electron chi connectivity index (χ3n) is 3.11. The smallest absolute Gasteiger partial charge is 0.102 e. The molecule has 0 radical (unpaired) electrons. The van der Waals surface area contributed by atoms with E-state index in [1.54, 1.807) is 0 Å². The van der Waals surface area contributed by atoms with E-state index in [2.05, 4.69) is 4.72 Å². The molecule has 0 spiro atoms. The van der Waals surface area contributed by atoms with Crippen molar-refractivity contribution in [1.29, 1.82) is 4.78 Å². The molecule has 2 N–H and O–H groups in total. The van der Waals surface area contributed by atoms with Crippen LogP contribution in [0.4, 0.5) is 0 Å². The summed E-state index contributed by atoms with van der Waals surface area (Å²) in [5.41, 5.74) is 0. The average molecular weight is 188 g/mol. The van der Waals surface area contributed by atoms with Crippen LogP contribution in [-0.4, -0.2) is 16.5 Å². The topological polar surface area (TPSA) is 53.0 Å². The first-order valence-electron chi connectivity index (χ1n) is 4.55. The maximum absolute atomic E-state index is 11.2. The summed E-state index contributed by atoms with van der Waals surface area (Å²) in [7, 11) is -2.48. The molecule has 0 saturated heterocycles. The first-order valence-corrected chi connectivity index (χ1v) is 6.52. The van der Waals surface area contributed by atoms with Gasteiger partial charge in [-0.3, -0.25) is 0 Å². The lowest BCUT2D eigenvalue weighted by atomic mass is 9.96. The van der Waals surface area contributed by atoms with Crippen LogP contribution in [0.3, 0.4) is 0 Å². The molecule has 3 nitrogen and oxygen atoms in total. The fourth-order valence-electron chi connectivity index (χ4n) is 2.68. The van der Waals surface area contributed by atoms with Crippen molar-refractivity contribution < 1.29 is 4.21 Å². The van der Waals surface area contributed by atoms with Crippen molar-refractivity contribution >= 4 is 9.92 Å². The minimum Gasteiger partial charge on any atom is -0.241 e. The molecule has 12 heavy (non-hydrogen) atoms. The molecule has 0 aliphatic heterocycles. The Hall–Kier alpha value is -0.0900. The summed E-state index contributed by atoms with van der Waals surface area (Å²) in [4.78, 5) is 0. The van der Waals surface area contributed by atoms with Crippen LogP contribution >= 0.6 is 0 Å². The molecule has 2 aliphatic carbocycles. The molecule has 2 fully saturated rings. The largest absolute Gasteiger partial charge is 0.241 e. The number of rotatable bonds is 2. The number of nitrogens with one attached hydrogen (secondary N) is 2. The van der Waals surface area contributed by atoms with E-state index < -0.39 is 9.92 Å². The van der Waals surface area contributed by atoms with Crippen LogP contribution in [0.1, 0.15) is 25.7 Å². The van der Waals surface area contributed by atoms with Gasteiger partial charge in [0.1, 0.15) is 9.92 Å². The highest BCUT2D eigenvalue weighted by Crippen LogP contribution is 2.44. The summed E-state index contributed by atoms with van der Waals surface area (Å²) in [5, 5.41) is 0. The van der Waals surface area contributed by atoms with Crippen molar-refractivity contribution in [3.05, 3.63) is 0 Å². The second-order valence-electron chi connectivity index (χ2n) is 4.24. The molecule has 0 aromatic carbocycles. The van der Waals surface area contributed by atoms with Gasteiger partial charge in [-0.2, -0.15) is 0 Å². The monoisotopic (exact) mass is 188 g/mol. The van der Waals surface area contributed by atoms with Gasteiger partial charge in [-0.1, -0.05) is 6.42 Å². The van der Waals surface area contributed by atoms with Crippen molar-refractivity contribution in [2.24, 2.45) is 11.8 Å². The number of fused-ring (bicyclic) bond motifs is 2. The van der Waals surface area contributed by atoms with Crippen molar-refractivity contribution in [2.45, 2.75) is 31.7 Å². The van der Waals surface area contributed by atoms with E-state index in [0.717, 1.165) is 12.3 Å². The molecular formula is C8H16N2OS. The zero-order valence-corrected chi connectivity index (χ0v) is 8.19. The molecule has 4 heteroatoms. The van der Waals surface area contributed by atoms with Crippen molar-refractivity contribution in [3.8, 4) is 0 Å². The number of hydrogen-bond donors (Lipinski definition) is 2. The van der Waals surface area contributed by atoms with Gasteiger partial charge in [0.2, 0.25) is 0 Å². The average Bonchev–Trinajstić information content (AvgIpc) is 2.42. The van der Waals surface area contributed by atoms with E-state index in [9.17, 15) is 4.21 Å². The van der Waals surface area contributed by atoms with Gasteiger partial charge in [0.25, 0.3) is 0 Å². The van der Waals surface area contributed by atoms with Gasteiger partial charge >= 0.3 is 0 Å². The van der Waals surface area contributed by atoms with Gasteiger partial charge in [0, 0.05) is 12.3 Å². The zero-order valence-electron chi connectivity index (χ0n) is 7.38. The van der Waals surface area contributed by atoms with Crippen LogP contribution in [0.15, 0.2) is 0 Å². The van der Waals surface area contributed by atoms with E-state index in [0.29, 0.717) is 12.0 Å². The standard InChI is InChI=1S/C8H16N2OS/c1-12(9,11)10-8-5-6-2-3-7(8)4-6/h6-8H,2-5H2,1H3,(H2,9,10,11). The minimum absolute atomic E-state index is 0.374. The lowest BCUT2D eigenvalue weighted by Gasteiger charge is -2.22. The molecule has 2 aliphatic rings. The second-order valence-corrected chi connectivity index (χ2v) is 6.17. The van der Waals surface area contributed by atoms with Gasteiger partial charge in [-0.15, -0.1) is 0 Å². The lowest BCUT2D eigenvalue weighted by molar-refractivity contribution is 0.395. The van der Waals surface area contributed by atoms with E-state index in [-0.39, 0.29) is 0 Å².